The van der Waals surface area contributed by atoms with Gasteiger partial charge in [0.25, 0.3) is 5.91 Å². The first kappa shape index (κ1) is 17.7. The first-order valence-corrected chi connectivity index (χ1v) is 10.5. The molecule has 0 saturated carbocycles. The number of hydrogen-bond donors (Lipinski definition) is 2. The average Bonchev–Trinajstić information content (AvgIpc) is 3.27. The van der Waals surface area contributed by atoms with Crippen molar-refractivity contribution in [3.8, 4) is 9.88 Å². The smallest absolute Gasteiger partial charge is 0.275 e. The van der Waals surface area contributed by atoms with Gasteiger partial charge in [-0.2, -0.15) is 0 Å². The summed E-state index contributed by atoms with van der Waals surface area (Å²) in [6, 6.07) is 8.62. The summed E-state index contributed by atoms with van der Waals surface area (Å²) >= 11 is 2.95. The van der Waals surface area contributed by atoms with Gasteiger partial charge in [0.15, 0.2) is 0 Å². The van der Waals surface area contributed by atoms with Gasteiger partial charge in [-0.05, 0) is 43.1 Å². The molecule has 25 heavy (non-hydrogen) atoms. The van der Waals surface area contributed by atoms with E-state index in [2.05, 4.69) is 15.0 Å². The number of carbonyl (C=O) groups excluding carboxylic acids is 1. The molecule has 0 atom stereocenters. The second-order valence-corrected chi connectivity index (χ2v) is 8.82. The van der Waals surface area contributed by atoms with Crippen LogP contribution in [0, 0.1) is 6.92 Å². The lowest BCUT2D eigenvalue weighted by molar-refractivity contribution is 0.102. The molecule has 3 rings (SSSR count). The summed E-state index contributed by atoms with van der Waals surface area (Å²) in [6.07, 6.45) is 0. The SMILES string of the molecule is CNS(=O)(=O)c1cc(NC(=O)c2csc(-c3cccs3)n2)ccc1C. The zero-order chi connectivity index (χ0) is 18.0. The molecule has 6 nitrogen and oxygen atoms in total. The Morgan fingerprint density at radius 1 is 1.20 bits per heavy atom. The molecule has 1 aromatic carbocycles. The van der Waals surface area contributed by atoms with E-state index in [4.69, 9.17) is 0 Å². The van der Waals surface area contributed by atoms with Gasteiger partial charge in [0.05, 0.1) is 9.77 Å². The fourth-order valence-electron chi connectivity index (χ4n) is 2.16. The third kappa shape index (κ3) is 3.79. The number of thiophene rings is 1. The van der Waals surface area contributed by atoms with Crippen molar-refractivity contribution in [1.29, 1.82) is 0 Å². The molecule has 0 radical (unpaired) electrons. The minimum Gasteiger partial charge on any atom is -0.321 e. The lowest BCUT2D eigenvalue weighted by Gasteiger charge is -2.09. The van der Waals surface area contributed by atoms with E-state index in [0.717, 1.165) is 9.88 Å². The molecule has 0 fully saturated rings. The van der Waals surface area contributed by atoms with Crippen LogP contribution < -0.4 is 10.0 Å². The predicted octanol–water partition coefficient (Wildman–Crippen LogP) is 3.34. The molecule has 0 unspecified atom stereocenters. The van der Waals surface area contributed by atoms with Crippen molar-refractivity contribution in [1.82, 2.24) is 9.71 Å². The van der Waals surface area contributed by atoms with Crippen LogP contribution in [0.5, 0.6) is 0 Å². The van der Waals surface area contributed by atoms with E-state index < -0.39 is 10.0 Å². The fourth-order valence-corrected chi connectivity index (χ4v) is 4.77. The fraction of sp³-hybridized carbons (Fsp3) is 0.125. The second kappa shape index (κ2) is 7.04. The minimum absolute atomic E-state index is 0.130. The maximum absolute atomic E-state index is 12.4. The summed E-state index contributed by atoms with van der Waals surface area (Å²) in [5.41, 5.74) is 1.29. The van der Waals surface area contributed by atoms with Gasteiger partial charge in [0.2, 0.25) is 10.0 Å². The summed E-state index contributed by atoms with van der Waals surface area (Å²) in [4.78, 5) is 17.9. The van der Waals surface area contributed by atoms with Crippen LogP contribution in [0.4, 0.5) is 5.69 Å². The van der Waals surface area contributed by atoms with Gasteiger partial charge in [-0.25, -0.2) is 18.1 Å². The Kier molecular flexibility index (Phi) is 5.00. The molecule has 0 bridgehead atoms. The molecule has 0 aliphatic rings. The van der Waals surface area contributed by atoms with E-state index in [9.17, 15) is 13.2 Å². The normalized spacial score (nSPS) is 11.4. The highest BCUT2D eigenvalue weighted by atomic mass is 32.2. The van der Waals surface area contributed by atoms with E-state index in [-0.39, 0.29) is 10.8 Å². The molecule has 2 N–H and O–H groups in total. The number of aryl methyl sites for hydroxylation is 1. The number of amides is 1. The maximum atomic E-state index is 12.4. The summed E-state index contributed by atoms with van der Waals surface area (Å²) < 4.78 is 26.3. The number of nitrogens with one attached hydrogen (secondary N) is 2. The van der Waals surface area contributed by atoms with Gasteiger partial charge < -0.3 is 5.32 Å². The van der Waals surface area contributed by atoms with Crippen LogP contribution in [0.3, 0.4) is 0 Å². The van der Waals surface area contributed by atoms with Crippen molar-refractivity contribution in [2.24, 2.45) is 0 Å². The third-order valence-electron chi connectivity index (χ3n) is 3.47. The van der Waals surface area contributed by atoms with E-state index in [1.54, 1.807) is 35.8 Å². The molecule has 9 heteroatoms. The van der Waals surface area contributed by atoms with Crippen LogP contribution in [0.15, 0.2) is 46.0 Å². The molecule has 0 spiro atoms. The lowest BCUT2D eigenvalue weighted by Crippen LogP contribution is -2.20. The zero-order valence-electron chi connectivity index (χ0n) is 13.4. The van der Waals surface area contributed by atoms with Gasteiger partial charge in [0, 0.05) is 11.1 Å². The predicted molar refractivity (Wildman–Crippen MR) is 101 cm³/mol. The van der Waals surface area contributed by atoms with Crippen LogP contribution in [0.1, 0.15) is 16.1 Å². The summed E-state index contributed by atoms with van der Waals surface area (Å²) in [7, 11) is -2.24. The molecule has 130 valence electrons. The third-order valence-corrected chi connectivity index (χ3v) is 6.91. The topological polar surface area (TPSA) is 88.2 Å². The summed E-state index contributed by atoms with van der Waals surface area (Å²) in [6.45, 7) is 1.70. The second-order valence-electron chi connectivity index (χ2n) is 5.16. The largest absolute Gasteiger partial charge is 0.321 e. The Balaban J connectivity index is 1.83. The average molecular weight is 394 g/mol. The van der Waals surface area contributed by atoms with Crippen molar-refractivity contribution in [3.63, 3.8) is 0 Å². The van der Waals surface area contributed by atoms with Gasteiger partial charge in [-0.1, -0.05) is 12.1 Å². The number of aromatic nitrogens is 1. The van der Waals surface area contributed by atoms with Crippen molar-refractivity contribution >= 4 is 44.3 Å². The van der Waals surface area contributed by atoms with Crippen molar-refractivity contribution < 1.29 is 13.2 Å². The Bertz CT molecular complexity index is 1010. The number of thiazole rings is 1. The highest BCUT2D eigenvalue weighted by Gasteiger charge is 2.17. The number of rotatable bonds is 5. The summed E-state index contributed by atoms with van der Waals surface area (Å²) in [5.74, 6) is -0.379. The summed E-state index contributed by atoms with van der Waals surface area (Å²) in [5, 5.41) is 7.11. The van der Waals surface area contributed by atoms with Crippen molar-refractivity contribution in [2.45, 2.75) is 11.8 Å². The molecule has 0 aliphatic heterocycles. The van der Waals surface area contributed by atoms with Crippen molar-refractivity contribution in [3.05, 3.63) is 52.3 Å². The highest BCUT2D eigenvalue weighted by molar-refractivity contribution is 7.89. The van der Waals surface area contributed by atoms with Crippen molar-refractivity contribution in [2.75, 3.05) is 12.4 Å². The highest BCUT2D eigenvalue weighted by Crippen LogP contribution is 2.28. The van der Waals surface area contributed by atoms with Crippen LogP contribution in [0.25, 0.3) is 9.88 Å². The Hall–Kier alpha value is -2.07. The quantitative estimate of drug-likeness (QED) is 0.696. The van der Waals surface area contributed by atoms with Gasteiger partial charge in [-0.15, -0.1) is 22.7 Å². The lowest BCUT2D eigenvalue weighted by atomic mass is 10.2. The number of nitrogens with zero attached hydrogens (tertiary/aromatic N) is 1. The van der Waals surface area contributed by atoms with E-state index in [1.165, 1.54) is 24.5 Å². The molecular weight excluding hydrogens is 378 g/mol. The van der Waals surface area contributed by atoms with E-state index >= 15 is 0 Å². The number of anilines is 1. The van der Waals surface area contributed by atoms with Crippen LogP contribution in [-0.4, -0.2) is 26.4 Å². The molecule has 0 aliphatic carbocycles. The maximum Gasteiger partial charge on any atom is 0.275 e. The van der Waals surface area contributed by atoms with Gasteiger partial charge in [0.1, 0.15) is 10.7 Å². The first-order chi connectivity index (χ1) is 11.9. The molecule has 2 heterocycles. The van der Waals surface area contributed by atoms with E-state index in [1.807, 2.05) is 17.5 Å². The zero-order valence-corrected chi connectivity index (χ0v) is 15.9. The standard InChI is InChI=1S/C16H15N3O3S3/c1-10-5-6-11(8-14(10)25(21,22)17-2)18-15(20)12-9-24-16(19-12)13-4-3-7-23-13/h3-9,17H,1-2H3,(H,18,20). The van der Waals surface area contributed by atoms with Gasteiger partial charge in [-0.3, -0.25) is 4.79 Å². The van der Waals surface area contributed by atoms with Crippen LogP contribution in [0.2, 0.25) is 0 Å². The van der Waals surface area contributed by atoms with Gasteiger partial charge >= 0.3 is 0 Å². The number of hydrogen-bond acceptors (Lipinski definition) is 6. The first-order valence-electron chi connectivity index (χ1n) is 7.25. The Morgan fingerprint density at radius 3 is 2.68 bits per heavy atom. The number of carbonyl (C=O) groups is 1. The minimum atomic E-state index is -3.59. The Labute approximate surface area is 153 Å². The monoisotopic (exact) mass is 393 g/mol. The molecule has 3 aromatic rings. The van der Waals surface area contributed by atoms with Crippen LogP contribution in [-0.2, 0) is 10.0 Å². The molecule has 0 saturated heterocycles. The molecular formula is C16H15N3O3S3. The number of benzene rings is 1. The Morgan fingerprint density at radius 2 is 2.00 bits per heavy atom. The van der Waals surface area contributed by atoms with Crippen LogP contribution >= 0.6 is 22.7 Å². The molecule has 2 aromatic heterocycles. The molecule has 1 amide bonds. The number of sulfonamides is 1. The van der Waals surface area contributed by atoms with E-state index in [0.29, 0.717) is 16.9 Å².